The Balaban J connectivity index is 1.62. The predicted octanol–water partition coefficient (Wildman–Crippen LogP) is 4.20. The van der Waals surface area contributed by atoms with Crippen molar-refractivity contribution in [2.45, 2.75) is 13.5 Å². The van der Waals surface area contributed by atoms with Crippen LogP contribution < -0.4 is 9.64 Å². The molecule has 1 saturated heterocycles. The molecule has 0 N–H and O–H groups in total. The summed E-state index contributed by atoms with van der Waals surface area (Å²) in [5, 5.41) is 0.499. The normalized spacial score (nSPS) is 15.5. The monoisotopic (exact) mass is 348 g/mol. The minimum absolute atomic E-state index is 0.291. The van der Waals surface area contributed by atoms with E-state index in [4.69, 9.17) is 16.3 Å². The average molecular weight is 349 g/mol. The number of hydrogen-bond donors (Lipinski definition) is 0. The molecule has 0 bridgehead atoms. The fourth-order valence-corrected chi connectivity index (χ4v) is 3.26. The molecule has 128 valence electrons. The highest BCUT2D eigenvalue weighted by Gasteiger charge is 2.20. The molecule has 2 aromatic rings. The fraction of sp³-hybridized carbons (Fsp3) is 0.368. The molecule has 5 heteroatoms. The van der Waals surface area contributed by atoms with E-state index in [1.165, 1.54) is 12.1 Å². The van der Waals surface area contributed by atoms with Crippen molar-refractivity contribution in [3.05, 3.63) is 58.9 Å². The fourth-order valence-electron chi connectivity index (χ4n) is 3.03. The van der Waals surface area contributed by atoms with Crippen molar-refractivity contribution >= 4 is 17.3 Å². The third-order valence-corrected chi connectivity index (χ3v) is 4.64. The van der Waals surface area contributed by atoms with Gasteiger partial charge in [0, 0.05) is 37.7 Å². The van der Waals surface area contributed by atoms with E-state index in [9.17, 15) is 4.39 Å². The lowest BCUT2D eigenvalue weighted by molar-refractivity contribution is 0.248. The van der Waals surface area contributed by atoms with Crippen LogP contribution in [-0.2, 0) is 6.54 Å². The van der Waals surface area contributed by atoms with Crippen molar-refractivity contribution in [1.29, 1.82) is 0 Å². The van der Waals surface area contributed by atoms with Crippen molar-refractivity contribution in [1.82, 2.24) is 4.90 Å². The first-order valence-corrected chi connectivity index (χ1v) is 8.68. The Morgan fingerprint density at radius 2 is 1.83 bits per heavy atom. The highest BCUT2D eigenvalue weighted by Crippen LogP contribution is 2.29. The molecule has 0 aliphatic carbocycles. The van der Waals surface area contributed by atoms with Crippen LogP contribution in [0.5, 0.6) is 5.75 Å². The highest BCUT2D eigenvalue weighted by atomic mass is 35.5. The second-order valence-electron chi connectivity index (χ2n) is 5.90. The summed E-state index contributed by atoms with van der Waals surface area (Å²) in [6.45, 7) is 7.16. The summed E-state index contributed by atoms with van der Waals surface area (Å²) in [4.78, 5) is 4.70. The van der Waals surface area contributed by atoms with E-state index in [1.807, 2.05) is 25.1 Å². The predicted molar refractivity (Wildman–Crippen MR) is 96.5 cm³/mol. The van der Waals surface area contributed by atoms with E-state index in [2.05, 4.69) is 15.9 Å². The van der Waals surface area contributed by atoms with Gasteiger partial charge in [-0.05, 0) is 36.8 Å². The molecule has 3 nitrogen and oxygen atoms in total. The molecule has 0 amide bonds. The number of piperazine rings is 1. The van der Waals surface area contributed by atoms with E-state index in [1.54, 1.807) is 6.07 Å². The van der Waals surface area contributed by atoms with Gasteiger partial charge in [-0.1, -0.05) is 29.8 Å². The number of rotatable bonds is 5. The van der Waals surface area contributed by atoms with Gasteiger partial charge in [-0.15, -0.1) is 0 Å². The van der Waals surface area contributed by atoms with Gasteiger partial charge in [0.15, 0.2) is 0 Å². The molecule has 1 aliphatic rings. The molecule has 0 atom stereocenters. The standard InChI is InChI=1S/C19H22ClFN2O/c1-2-24-19-6-4-3-5-18(19)23-11-9-22(10-12-23)14-15-7-8-16(21)13-17(15)20/h3-8,13H,2,9-12,14H2,1H3. The smallest absolute Gasteiger partial charge is 0.142 e. The van der Waals surface area contributed by atoms with Crippen LogP contribution in [0.15, 0.2) is 42.5 Å². The Morgan fingerprint density at radius 1 is 1.08 bits per heavy atom. The molecule has 1 aliphatic heterocycles. The Morgan fingerprint density at radius 3 is 2.54 bits per heavy atom. The lowest BCUT2D eigenvalue weighted by atomic mass is 10.1. The van der Waals surface area contributed by atoms with E-state index >= 15 is 0 Å². The number of benzene rings is 2. The second-order valence-corrected chi connectivity index (χ2v) is 6.31. The SMILES string of the molecule is CCOc1ccccc1N1CCN(Cc2ccc(F)cc2Cl)CC1. The quantitative estimate of drug-likeness (QED) is 0.805. The summed E-state index contributed by atoms with van der Waals surface area (Å²) < 4.78 is 18.9. The number of anilines is 1. The number of hydrogen-bond acceptors (Lipinski definition) is 3. The maximum atomic E-state index is 13.1. The lowest BCUT2D eigenvalue weighted by Gasteiger charge is -2.36. The molecule has 0 saturated carbocycles. The maximum absolute atomic E-state index is 13.1. The van der Waals surface area contributed by atoms with E-state index in [0.717, 1.165) is 49.7 Å². The molecule has 0 radical (unpaired) electrons. The zero-order valence-corrected chi connectivity index (χ0v) is 14.6. The largest absolute Gasteiger partial charge is 0.492 e. The van der Waals surface area contributed by atoms with Crippen molar-refractivity contribution in [2.75, 3.05) is 37.7 Å². The van der Waals surface area contributed by atoms with Crippen LogP contribution in [0, 0.1) is 5.82 Å². The highest BCUT2D eigenvalue weighted by molar-refractivity contribution is 6.31. The van der Waals surface area contributed by atoms with Gasteiger partial charge in [0.05, 0.1) is 12.3 Å². The first kappa shape index (κ1) is 17.1. The average Bonchev–Trinajstić information content (AvgIpc) is 2.59. The molecule has 3 rings (SSSR count). The molecular formula is C19H22ClFN2O. The van der Waals surface area contributed by atoms with E-state index in [-0.39, 0.29) is 5.82 Å². The third kappa shape index (κ3) is 4.00. The van der Waals surface area contributed by atoms with Gasteiger partial charge in [-0.2, -0.15) is 0 Å². The van der Waals surface area contributed by atoms with Crippen molar-refractivity contribution in [3.8, 4) is 5.75 Å². The van der Waals surface area contributed by atoms with Crippen LogP contribution in [0.1, 0.15) is 12.5 Å². The van der Waals surface area contributed by atoms with Crippen LogP contribution >= 0.6 is 11.6 Å². The Bertz CT molecular complexity index is 687. The van der Waals surface area contributed by atoms with Crippen molar-refractivity contribution < 1.29 is 9.13 Å². The Hall–Kier alpha value is -1.78. The first-order valence-electron chi connectivity index (χ1n) is 8.30. The summed E-state index contributed by atoms with van der Waals surface area (Å²) >= 11 is 6.14. The lowest BCUT2D eigenvalue weighted by Crippen LogP contribution is -2.46. The molecular weight excluding hydrogens is 327 g/mol. The van der Waals surface area contributed by atoms with Crippen molar-refractivity contribution in [2.24, 2.45) is 0 Å². The van der Waals surface area contributed by atoms with Gasteiger partial charge in [0.2, 0.25) is 0 Å². The summed E-state index contributed by atoms with van der Waals surface area (Å²) in [6, 6.07) is 12.8. The van der Waals surface area contributed by atoms with Crippen LogP contribution in [0.3, 0.4) is 0 Å². The zero-order chi connectivity index (χ0) is 16.9. The summed E-state index contributed by atoms with van der Waals surface area (Å²) in [6.07, 6.45) is 0. The number of halogens is 2. The molecule has 1 fully saturated rings. The molecule has 24 heavy (non-hydrogen) atoms. The number of para-hydroxylation sites is 2. The van der Waals surface area contributed by atoms with Crippen molar-refractivity contribution in [3.63, 3.8) is 0 Å². The van der Waals surface area contributed by atoms with Crippen LogP contribution in [0.2, 0.25) is 5.02 Å². The third-order valence-electron chi connectivity index (χ3n) is 4.29. The van der Waals surface area contributed by atoms with E-state index in [0.29, 0.717) is 11.6 Å². The number of nitrogens with zero attached hydrogens (tertiary/aromatic N) is 2. The maximum Gasteiger partial charge on any atom is 0.142 e. The molecule has 0 spiro atoms. The molecule has 1 heterocycles. The summed E-state index contributed by atoms with van der Waals surface area (Å²) in [7, 11) is 0. The van der Waals surface area contributed by atoms with Gasteiger partial charge >= 0.3 is 0 Å². The molecule has 2 aromatic carbocycles. The van der Waals surface area contributed by atoms with Gasteiger partial charge in [0.1, 0.15) is 11.6 Å². The van der Waals surface area contributed by atoms with E-state index < -0.39 is 0 Å². The van der Waals surface area contributed by atoms with Crippen LogP contribution in [0.4, 0.5) is 10.1 Å². The van der Waals surface area contributed by atoms with Gasteiger partial charge in [-0.3, -0.25) is 4.90 Å². The summed E-state index contributed by atoms with van der Waals surface area (Å²) in [5.41, 5.74) is 2.13. The van der Waals surface area contributed by atoms with Gasteiger partial charge in [0.25, 0.3) is 0 Å². The van der Waals surface area contributed by atoms with Crippen LogP contribution in [-0.4, -0.2) is 37.7 Å². The zero-order valence-electron chi connectivity index (χ0n) is 13.8. The minimum Gasteiger partial charge on any atom is -0.492 e. The van der Waals surface area contributed by atoms with Gasteiger partial charge in [-0.25, -0.2) is 4.39 Å². The molecule has 0 unspecified atom stereocenters. The topological polar surface area (TPSA) is 15.7 Å². The second kappa shape index (κ2) is 7.86. The Kier molecular flexibility index (Phi) is 5.59. The van der Waals surface area contributed by atoms with Crippen LogP contribution in [0.25, 0.3) is 0 Å². The molecule has 0 aromatic heterocycles. The first-order chi connectivity index (χ1) is 11.7. The summed E-state index contributed by atoms with van der Waals surface area (Å²) in [5.74, 6) is 0.649. The Labute approximate surface area is 147 Å². The number of ether oxygens (including phenoxy) is 1. The minimum atomic E-state index is -0.291. The van der Waals surface area contributed by atoms with Gasteiger partial charge < -0.3 is 9.64 Å².